The molecule has 5 rings (SSSR count). The second-order valence-corrected chi connectivity index (χ2v) is 9.37. The first kappa shape index (κ1) is 29.7. The number of nitrogens with zero attached hydrogens (tertiary/aromatic N) is 4. The molecule has 7 heteroatoms. The van der Waals surface area contributed by atoms with Gasteiger partial charge in [0.15, 0.2) is 5.78 Å². The van der Waals surface area contributed by atoms with Gasteiger partial charge in [0.1, 0.15) is 0 Å². The van der Waals surface area contributed by atoms with Crippen LogP contribution in [-0.2, 0) is 11.2 Å². The molecule has 0 radical (unpaired) electrons. The highest BCUT2D eigenvalue weighted by atomic mass is 16.1. The average Bonchev–Trinajstić information content (AvgIpc) is 2.99. The van der Waals surface area contributed by atoms with Crippen molar-refractivity contribution in [1.82, 2.24) is 0 Å². The third kappa shape index (κ3) is 6.59. The van der Waals surface area contributed by atoms with E-state index in [0.29, 0.717) is 23.1 Å². The van der Waals surface area contributed by atoms with Gasteiger partial charge in [0.25, 0.3) is 11.6 Å². The van der Waals surface area contributed by atoms with Gasteiger partial charge in [-0.3, -0.25) is 14.4 Å². The largest absolute Gasteiger partial charge is 0.363 e. The fourth-order valence-corrected chi connectivity index (χ4v) is 4.66. The minimum absolute atomic E-state index is 0.0933. The number of aryl methyl sites for hydroxylation is 1. The van der Waals surface area contributed by atoms with Crippen LogP contribution < -0.4 is 0 Å². The molecule has 0 atom stereocenters. The summed E-state index contributed by atoms with van der Waals surface area (Å²) in [6.45, 7) is 9.83. The summed E-state index contributed by atoms with van der Waals surface area (Å²) in [5, 5.41) is 0. The van der Waals surface area contributed by atoms with Crippen molar-refractivity contribution >= 4 is 40.4 Å². The molecule has 0 heterocycles. The Morgan fingerprint density at radius 1 is 0.725 bits per heavy atom. The monoisotopic (exact) mass is 532 g/mol. The number of rotatable bonds is 3. The molecule has 0 aliphatic heterocycles. The maximum absolute atomic E-state index is 11.8. The van der Waals surface area contributed by atoms with Crippen LogP contribution >= 0.6 is 0 Å². The van der Waals surface area contributed by atoms with Gasteiger partial charge in [0, 0.05) is 35.3 Å². The number of hydrogen-bond acceptors (Lipinski definition) is 3. The number of fused-ring (bicyclic) bond motifs is 2. The number of benzene rings is 2. The van der Waals surface area contributed by atoms with Crippen LogP contribution in [0, 0.1) is 0 Å². The lowest BCUT2D eigenvalue weighted by Gasteiger charge is -2.12. The number of allylic oxidation sites excluding steroid dienone is 6. The third-order valence-electron chi connectivity index (χ3n) is 6.98. The Morgan fingerprint density at radius 2 is 1.38 bits per heavy atom. The molecule has 3 aliphatic carbocycles. The lowest BCUT2D eigenvalue weighted by molar-refractivity contribution is -0.115. The van der Waals surface area contributed by atoms with E-state index < -0.39 is 0 Å². The summed E-state index contributed by atoms with van der Waals surface area (Å²) in [4.78, 5) is 40.4. The number of ketones is 3. The lowest BCUT2D eigenvalue weighted by atomic mass is 9.88. The molecule has 0 saturated heterocycles. The normalized spacial score (nSPS) is 15.3. The summed E-state index contributed by atoms with van der Waals surface area (Å²) in [7, 11) is 0. The van der Waals surface area contributed by atoms with Gasteiger partial charge >= 0.3 is 11.4 Å². The molecule has 202 valence electrons. The molecule has 0 spiro atoms. The first-order valence-electron chi connectivity index (χ1n) is 13.3. The van der Waals surface area contributed by atoms with Gasteiger partial charge in [-0.2, -0.15) is 9.58 Å². The fourth-order valence-electron chi connectivity index (χ4n) is 4.66. The van der Waals surface area contributed by atoms with E-state index in [9.17, 15) is 14.4 Å². The number of hydrogen-bond donors (Lipinski definition) is 0. The van der Waals surface area contributed by atoms with Crippen LogP contribution in [0.5, 0.6) is 0 Å². The van der Waals surface area contributed by atoms with Crippen LogP contribution in [0.15, 0.2) is 78.4 Å². The molecule has 2 aromatic carbocycles. The number of carbonyl (C=O) groups excluding carboxylic acids is 3. The van der Waals surface area contributed by atoms with E-state index in [2.05, 4.69) is 23.1 Å². The molecule has 7 nitrogen and oxygen atoms in total. The van der Waals surface area contributed by atoms with Crippen LogP contribution in [0.25, 0.3) is 22.7 Å². The van der Waals surface area contributed by atoms with Gasteiger partial charge in [-0.15, -0.1) is 0 Å². The molecule has 0 aromatic heterocycles. The zero-order chi connectivity index (χ0) is 29.2. The van der Waals surface area contributed by atoms with E-state index in [1.54, 1.807) is 24.3 Å². The van der Waals surface area contributed by atoms with E-state index in [4.69, 9.17) is 11.1 Å². The first-order valence-corrected chi connectivity index (χ1v) is 13.3. The second kappa shape index (κ2) is 13.8. The minimum atomic E-state index is -0.217. The molecular weight excluding hydrogens is 500 g/mol. The van der Waals surface area contributed by atoms with E-state index in [1.165, 1.54) is 5.57 Å². The Labute approximate surface area is 234 Å². The van der Waals surface area contributed by atoms with Gasteiger partial charge in [-0.25, -0.2) is 0 Å². The zero-order valence-corrected chi connectivity index (χ0v) is 23.1. The van der Waals surface area contributed by atoms with Crippen LogP contribution in [0.3, 0.4) is 0 Å². The Hall–Kier alpha value is -4.83. The van der Waals surface area contributed by atoms with Gasteiger partial charge in [-0.05, 0) is 54.0 Å². The van der Waals surface area contributed by atoms with Crippen LogP contribution in [0.4, 0.5) is 0 Å². The smallest absolute Gasteiger partial charge is 0.361 e. The highest BCUT2D eigenvalue weighted by Gasteiger charge is 2.28. The topological polar surface area (TPSA) is 124 Å². The molecule has 0 unspecified atom stereocenters. The predicted molar refractivity (Wildman–Crippen MR) is 157 cm³/mol. The van der Waals surface area contributed by atoms with Crippen molar-refractivity contribution in [2.75, 3.05) is 0 Å². The molecule has 0 amide bonds. The Balaban J connectivity index is 0.000000169. The lowest BCUT2D eigenvalue weighted by Crippen LogP contribution is -2.19. The van der Waals surface area contributed by atoms with E-state index in [0.717, 1.165) is 47.9 Å². The standard InChI is InChI=1S/2C12H10N2O.C9H12O/c1-2-8-4-3-5-10-9(8)6-7-11(14-13)12(10)15;1-2-8-7-11(14-13)12(15)10-6-4-3-5-9(8)10;1-3-8-4-5-9(10)7(2)6-8/h2*3-7H,2H2,1H3;6H,2-5H2,1H3. The SMILES string of the molecule is C=C1C=C(CC)CCC1=O.CCC1=CC(=[N+]=[N-])C(=O)c2ccccc21.CCc1cccc2c1C=CC(=[N+]=[N-])C2=O. The summed E-state index contributed by atoms with van der Waals surface area (Å²) >= 11 is 0. The highest BCUT2D eigenvalue weighted by molar-refractivity contribution is 6.51. The van der Waals surface area contributed by atoms with Gasteiger partial charge in [0.05, 0.1) is 0 Å². The summed E-state index contributed by atoms with van der Waals surface area (Å²) < 4.78 is 0. The Bertz CT molecular complexity index is 1580. The second-order valence-electron chi connectivity index (χ2n) is 9.37. The molecule has 0 saturated carbocycles. The third-order valence-corrected chi connectivity index (χ3v) is 6.98. The summed E-state index contributed by atoms with van der Waals surface area (Å²) in [5.74, 6) is -0.229. The molecular formula is C33H32N4O3. The summed E-state index contributed by atoms with van der Waals surface area (Å²) in [6.07, 6.45) is 11.3. The summed E-state index contributed by atoms with van der Waals surface area (Å²) in [5.41, 5.74) is 24.9. The van der Waals surface area contributed by atoms with Crippen molar-refractivity contribution < 1.29 is 24.0 Å². The maximum atomic E-state index is 11.8. The number of Topliss-reactive ketones (excluding diaryl/α,β-unsaturated/α-hetero) is 3. The van der Waals surface area contributed by atoms with Crippen molar-refractivity contribution in [2.24, 2.45) is 0 Å². The molecule has 0 bridgehead atoms. The minimum Gasteiger partial charge on any atom is -0.361 e. The van der Waals surface area contributed by atoms with Crippen molar-refractivity contribution in [2.45, 2.75) is 52.9 Å². The molecule has 3 aliphatic rings. The van der Waals surface area contributed by atoms with Gasteiger partial charge in [-0.1, -0.05) is 81.5 Å². The number of carbonyl (C=O) groups is 3. The maximum Gasteiger partial charge on any atom is 0.363 e. The van der Waals surface area contributed by atoms with Crippen molar-refractivity contribution in [3.05, 3.63) is 117 Å². The van der Waals surface area contributed by atoms with Crippen molar-refractivity contribution in [3.8, 4) is 0 Å². The van der Waals surface area contributed by atoms with Crippen LogP contribution in [0.2, 0.25) is 0 Å². The average molecular weight is 533 g/mol. The van der Waals surface area contributed by atoms with Crippen LogP contribution in [-0.4, -0.2) is 38.4 Å². The van der Waals surface area contributed by atoms with Crippen molar-refractivity contribution in [3.63, 3.8) is 0 Å². The predicted octanol–water partition coefficient (Wildman–Crippen LogP) is 6.72. The molecule has 0 fully saturated rings. The zero-order valence-electron chi connectivity index (χ0n) is 23.1. The van der Waals surface area contributed by atoms with E-state index in [1.807, 2.05) is 56.3 Å². The Kier molecular flexibility index (Phi) is 10.3. The van der Waals surface area contributed by atoms with Gasteiger partial charge in [0.2, 0.25) is 0 Å². The quantitative estimate of drug-likeness (QED) is 0.247. The summed E-state index contributed by atoms with van der Waals surface area (Å²) in [6, 6.07) is 13.0. The molecule has 40 heavy (non-hydrogen) atoms. The first-order chi connectivity index (χ1) is 19.3. The van der Waals surface area contributed by atoms with Crippen molar-refractivity contribution in [1.29, 1.82) is 0 Å². The van der Waals surface area contributed by atoms with Gasteiger partial charge < -0.3 is 11.1 Å². The fraction of sp³-hybridized carbons (Fsp3) is 0.242. The van der Waals surface area contributed by atoms with E-state index >= 15 is 0 Å². The molecule has 2 aromatic rings. The molecule has 0 N–H and O–H groups in total. The Morgan fingerprint density at radius 3 is 1.98 bits per heavy atom. The van der Waals surface area contributed by atoms with E-state index in [-0.39, 0.29) is 28.8 Å². The highest BCUT2D eigenvalue weighted by Crippen LogP contribution is 2.27. The van der Waals surface area contributed by atoms with Crippen LogP contribution in [0.1, 0.15) is 83.9 Å².